The minimum atomic E-state index is -0.477. The summed E-state index contributed by atoms with van der Waals surface area (Å²) >= 11 is -0.0755. The standard InChI is InChI=1S/C18H16F2N6OS/c1-18(2,3)24-17(27)12-9-25(28-20)16-15(12)23-14(8-21-16)26-13-6-11(19)5-4-10(13)7-22-26/h4-9H,1-3H3,(H,24,27). The van der Waals surface area contributed by atoms with Gasteiger partial charge in [-0.25, -0.2) is 23.0 Å². The first-order chi connectivity index (χ1) is 13.3. The van der Waals surface area contributed by atoms with E-state index in [2.05, 4.69) is 20.4 Å². The van der Waals surface area contributed by atoms with E-state index in [4.69, 9.17) is 0 Å². The minimum absolute atomic E-state index is 0.0755. The third-order valence-electron chi connectivity index (χ3n) is 4.01. The van der Waals surface area contributed by atoms with Crippen LogP contribution >= 0.6 is 12.3 Å². The van der Waals surface area contributed by atoms with Gasteiger partial charge >= 0.3 is 0 Å². The molecule has 28 heavy (non-hydrogen) atoms. The molecule has 4 rings (SSSR count). The van der Waals surface area contributed by atoms with Crippen LogP contribution < -0.4 is 5.32 Å². The second kappa shape index (κ2) is 6.55. The van der Waals surface area contributed by atoms with Crippen molar-refractivity contribution in [2.45, 2.75) is 26.3 Å². The molecule has 0 radical (unpaired) electrons. The highest BCUT2D eigenvalue weighted by Gasteiger charge is 2.23. The van der Waals surface area contributed by atoms with E-state index >= 15 is 0 Å². The SMILES string of the molecule is CC(C)(C)NC(=O)c1cn(SF)c2ncc(-n3ncc4ccc(F)cc43)nc12. The lowest BCUT2D eigenvalue weighted by Crippen LogP contribution is -2.40. The van der Waals surface area contributed by atoms with E-state index in [0.717, 1.165) is 9.36 Å². The van der Waals surface area contributed by atoms with Crippen molar-refractivity contribution in [1.82, 2.24) is 29.0 Å². The lowest BCUT2D eigenvalue weighted by atomic mass is 10.1. The van der Waals surface area contributed by atoms with Crippen LogP contribution in [0.4, 0.5) is 8.28 Å². The van der Waals surface area contributed by atoms with Gasteiger partial charge in [-0.2, -0.15) is 5.10 Å². The lowest BCUT2D eigenvalue weighted by molar-refractivity contribution is 0.0921. The van der Waals surface area contributed by atoms with E-state index in [1.165, 1.54) is 29.2 Å². The molecule has 10 heteroatoms. The summed E-state index contributed by atoms with van der Waals surface area (Å²) in [5.74, 6) is -0.513. The van der Waals surface area contributed by atoms with Crippen LogP contribution in [0.15, 0.2) is 36.8 Å². The molecule has 0 spiro atoms. The van der Waals surface area contributed by atoms with Gasteiger partial charge in [0.2, 0.25) is 0 Å². The van der Waals surface area contributed by atoms with Crippen LogP contribution in [0.5, 0.6) is 0 Å². The molecule has 0 unspecified atom stereocenters. The highest BCUT2D eigenvalue weighted by molar-refractivity contribution is 7.92. The molecule has 0 aliphatic rings. The smallest absolute Gasteiger partial charge is 0.255 e. The number of carbonyl (C=O) groups excluding carboxylic acids is 1. The van der Waals surface area contributed by atoms with Crippen molar-refractivity contribution < 1.29 is 13.1 Å². The molecule has 3 aromatic heterocycles. The van der Waals surface area contributed by atoms with Gasteiger partial charge < -0.3 is 5.32 Å². The van der Waals surface area contributed by atoms with Crippen LogP contribution in [-0.2, 0) is 0 Å². The number of nitrogens with one attached hydrogen (secondary N) is 1. The summed E-state index contributed by atoms with van der Waals surface area (Å²) < 4.78 is 29.5. The molecular weight excluding hydrogens is 386 g/mol. The Labute approximate surface area is 163 Å². The topological polar surface area (TPSA) is 77.6 Å². The number of carbonyl (C=O) groups is 1. The Morgan fingerprint density at radius 1 is 1.25 bits per heavy atom. The van der Waals surface area contributed by atoms with Crippen LogP contribution in [0.2, 0.25) is 0 Å². The van der Waals surface area contributed by atoms with E-state index < -0.39 is 17.3 Å². The number of hydrogen-bond donors (Lipinski definition) is 1. The number of benzene rings is 1. The molecule has 1 aromatic carbocycles. The van der Waals surface area contributed by atoms with E-state index in [1.54, 1.807) is 12.3 Å². The van der Waals surface area contributed by atoms with Crippen LogP contribution in [0.1, 0.15) is 31.1 Å². The first-order valence-corrected chi connectivity index (χ1v) is 9.07. The van der Waals surface area contributed by atoms with Crippen molar-refractivity contribution in [1.29, 1.82) is 0 Å². The predicted molar refractivity (Wildman–Crippen MR) is 103 cm³/mol. The van der Waals surface area contributed by atoms with E-state index in [-0.39, 0.29) is 29.1 Å². The van der Waals surface area contributed by atoms with Gasteiger partial charge in [-0.05, 0) is 32.9 Å². The Morgan fingerprint density at radius 3 is 2.75 bits per heavy atom. The van der Waals surface area contributed by atoms with Crippen LogP contribution in [-0.4, -0.2) is 35.2 Å². The van der Waals surface area contributed by atoms with Crippen molar-refractivity contribution in [3.8, 4) is 5.82 Å². The van der Waals surface area contributed by atoms with Crippen molar-refractivity contribution >= 4 is 40.3 Å². The summed E-state index contributed by atoms with van der Waals surface area (Å²) in [5, 5.41) is 7.80. The van der Waals surface area contributed by atoms with Crippen molar-refractivity contribution in [3.63, 3.8) is 0 Å². The van der Waals surface area contributed by atoms with E-state index in [1.807, 2.05) is 20.8 Å². The Balaban J connectivity index is 1.89. The summed E-state index contributed by atoms with van der Waals surface area (Å²) in [5.41, 5.74) is 0.651. The zero-order valence-corrected chi connectivity index (χ0v) is 16.1. The molecule has 0 atom stereocenters. The summed E-state index contributed by atoms with van der Waals surface area (Å²) in [6.07, 6.45) is 4.33. The number of fused-ring (bicyclic) bond motifs is 2. The maximum Gasteiger partial charge on any atom is 0.255 e. The van der Waals surface area contributed by atoms with Crippen LogP contribution in [0.25, 0.3) is 27.9 Å². The molecule has 4 aromatic rings. The number of nitrogens with zero attached hydrogens (tertiary/aromatic N) is 5. The molecule has 0 saturated heterocycles. The molecule has 0 bridgehead atoms. The lowest BCUT2D eigenvalue weighted by Gasteiger charge is -2.20. The fourth-order valence-corrected chi connectivity index (χ4v) is 3.20. The molecule has 144 valence electrons. The van der Waals surface area contributed by atoms with E-state index in [0.29, 0.717) is 11.3 Å². The predicted octanol–water partition coefficient (Wildman–Crippen LogP) is 3.82. The van der Waals surface area contributed by atoms with Gasteiger partial charge in [-0.3, -0.25) is 4.79 Å². The molecular formula is C18H16F2N6OS. The molecule has 0 aliphatic heterocycles. The highest BCUT2D eigenvalue weighted by Crippen LogP contribution is 2.25. The first kappa shape index (κ1) is 18.4. The maximum absolute atomic E-state index is 13.7. The van der Waals surface area contributed by atoms with Crippen molar-refractivity contribution in [2.75, 3.05) is 0 Å². The number of hydrogen-bond acceptors (Lipinski definition) is 5. The second-order valence-corrected chi connectivity index (χ2v) is 7.83. The Morgan fingerprint density at radius 2 is 2.04 bits per heavy atom. The summed E-state index contributed by atoms with van der Waals surface area (Å²) in [7, 11) is 0. The van der Waals surface area contributed by atoms with Gasteiger partial charge in [0.05, 0.1) is 23.5 Å². The third-order valence-corrected chi connectivity index (χ3v) is 4.44. The van der Waals surface area contributed by atoms with Gasteiger partial charge in [-0.1, -0.05) is 0 Å². The summed E-state index contributed by atoms with van der Waals surface area (Å²) in [4.78, 5) is 21.4. The molecule has 0 saturated carbocycles. The molecule has 0 aliphatic carbocycles. The van der Waals surface area contributed by atoms with Crippen LogP contribution in [0, 0.1) is 5.82 Å². The molecule has 7 nitrogen and oxygen atoms in total. The number of amides is 1. The van der Waals surface area contributed by atoms with Gasteiger partial charge in [0.1, 0.15) is 11.3 Å². The summed E-state index contributed by atoms with van der Waals surface area (Å²) in [6, 6.07) is 4.29. The Kier molecular flexibility index (Phi) is 4.30. The molecule has 1 amide bonds. The summed E-state index contributed by atoms with van der Waals surface area (Å²) in [6.45, 7) is 5.53. The second-order valence-electron chi connectivity index (χ2n) is 7.30. The quantitative estimate of drug-likeness (QED) is 0.564. The number of rotatable bonds is 3. The molecule has 0 fully saturated rings. The Hall–Kier alpha value is -3.01. The first-order valence-electron chi connectivity index (χ1n) is 8.40. The van der Waals surface area contributed by atoms with Gasteiger partial charge in [-0.15, -0.1) is 3.89 Å². The zero-order chi connectivity index (χ0) is 20.1. The zero-order valence-electron chi connectivity index (χ0n) is 15.3. The van der Waals surface area contributed by atoms with Crippen molar-refractivity contribution in [3.05, 3.63) is 48.2 Å². The number of halogens is 2. The van der Waals surface area contributed by atoms with E-state index in [9.17, 15) is 13.1 Å². The van der Waals surface area contributed by atoms with Gasteiger partial charge in [0.25, 0.3) is 5.91 Å². The van der Waals surface area contributed by atoms with Gasteiger partial charge in [0.15, 0.2) is 23.8 Å². The molecule has 1 N–H and O–H groups in total. The van der Waals surface area contributed by atoms with Crippen molar-refractivity contribution in [2.24, 2.45) is 0 Å². The van der Waals surface area contributed by atoms with Crippen LogP contribution in [0.3, 0.4) is 0 Å². The minimum Gasteiger partial charge on any atom is -0.347 e. The maximum atomic E-state index is 13.7. The monoisotopic (exact) mass is 402 g/mol. The third kappa shape index (κ3) is 3.19. The number of aromatic nitrogens is 5. The fraction of sp³-hybridized carbons (Fsp3) is 0.222. The average Bonchev–Trinajstić information content (AvgIpc) is 3.20. The normalized spacial score (nSPS) is 12.0. The highest BCUT2D eigenvalue weighted by atomic mass is 32.2. The Bertz CT molecular complexity index is 1210. The fourth-order valence-electron chi connectivity index (χ4n) is 2.86. The van der Waals surface area contributed by atoms with Gasteiger partial charge in [0, 0.05) is 23.2 Å². The largest absolute Gasteiger partial charge is 0.347 e. The molecule has 3 heterocycles. The average molecular weight is 402 g/mol.